The second-order valence-electron chi connectivity index (χ2n) is 7.61. The summed E-state index contributed by atoms with van der Waals surface area (Å²) in [6, 6.07) is 6.19. The smallest absolute Gasteiger partial charge is 0.416 e. The number of nitrogens with zero attached hydrogens (tertiary/aromatic N) is 2. The molecule has 3 rings (SSSR count). The van der Waals surface area contributed by atoms with Crippen LogP contribution in [0.5, 0.6) is 0 Å². The fraction of sp³-hybridized carbons (Fsp3) is 0.333. The van der Waals surface area contributed by atoms with Gasteiger partial charge < -0.3 is 19.5 Å². The first-order valence-corrected chi connectivity index (χ1v) is 13.2. The molecule has 198 valence electrons. The number of aromatic nitrogens is 2. The molecule has 1 aliphatic rings. The lowest BCUT2D eigenvalue weighted by atomic mass is 9.80. The van der Waals surface area contributed by atoms with E-state index in [2.05, 4.69) is 15.3 Å². The average molecular weight is 556 g/mol. The van der Waals surface area contributed by atoms with E-state index in [1.807, 2.05) is 0 Å². The molecule has 1 unspecified atom stereocenters. The van der Waals surface area contributed by atoms with E-state index in [0.717, 1.165) is 19.2 Å². The molecule has 37 heavy (non-hydrogen) atoms. The number of carbonyl (C=O) groups is 2. The number of alkyl halides is 3. The molecule has 1 aromatic carbocycles. The number of carbonyl (C=O) groups excluding carboxylic acids is 2. The Morgan fingerprint density at radius 3 is 2.43 bits per heavy atom. The minimum atomic E-state index is -4.62. The molecule has 2 heterocycles. The predicted molar refractivity (Wildman–Crippen MR) is 132 cm³/mol. The van der Waals surface area contributed by atoms with E-state index < -0.39 is 29.6 Å². The first-order chi connectivity index (χ1) is 17.7. The number of esters is 2. The van der Waals surface area contributed by atoms with Gasteiger partial charge in [-0.25, -0.2) is 19.6 Å². The van der Waals surface area contributed by atoms with Crippen LogP contribution in [0.2, 0.25) is 0 Å². The van der Waals surface area contributed by atoms with Crippen LogP contribution in [0.4, 0.5) is 13.2 Å². The van der Waals surface area contributed by atoms with Crippen molar-refractivity contribution >= 4 is 33.5 Å². The van der Waals surface area contributed by atoms with E-state index in [4.69, 9.17) is 14.2 Å². The Labute approximate surface area is 219 Å². The van der Waals surface area contributed by atoms with Gasteiger partial charge in [0.1, 0.15) is 6.61 Å². The molecular weight excluding hydrogens is 531 g/mol. The highest BCUT2D eigenvalue weighted by Crippen LogP contribution is 2.42. The van der Waals surface area contributed by atoms with Crippen LogP contribution in [0.15, 0.2) is 70.4 Å². The maximum Gasteiger partial charge on any atom is 0.416 e. The molecule has 0 radical (unpaired) electrons. The Morgan fingerprint density at radius 2 is 1.78 bits per heavy atom. The Bertz CT molecular complexity index is 1190. The van der Waals surface area contributed by atoms with Crippen LogP contribution in [-0.4, -0.2) is 55.1 Å². The quantitative estimate of drug-likeness (QED) is 0.195. The van der Waals surface area contributed by atoms with Crippen LogP contribution in [0.3, 0.4) is 0 Å². The molecule has 2 aromatic rings. The summed E-state index contributed by atoms with van der Waals surface area (Å²) in [7, 11) is 5.17. The number of ether oxygens (including phenoxy) is 3. The van der Waals surface area contributed by atoms with Gasteiger partial charge in [-0.15, -0.1) is 0 Å². The number of hydrogen-bond donors (Lipinski definition) is 1. The fourth-order valence-electron chi connectivity index (χ4n) is 3.62. The van der Waals surface area contributed by atoms with E-state index in [1.54, 1.807) is 25.4 Å². The Hall–Kier alpha value is -3.03. The van der Waals surface area contributed by atoms with Crippen molar-refractivity contribution in [2.45, 2.75) is 24.2 Å². The summed E-state index contributed by atoms with van der Waals surface area (Å²) in [5.74, 6) is -2.53. The molecule has 1 atom stereocenters. The summed E-state index contributed by atoms with van der Waals surface area (Å²) < 4.78 is 55.9. The van der Waals surface area contributed by atoms with Gasteiger partial charge in [0.05, 0.1) is 36.3 Å². The van der Waals surface area contributed by atoms with Crippen LogP contribution >= 0.6 is 21.6 Å². The highest BCUT2D eigenvalue weighted by atomic mass is 33.1. The van der Waals surface area contributed by atoms with Gasteiger partial charge in [-0.2, -0.15) is 13.2 Å². The lowest BCUT2D eigenvalue weighted by Gasteiger charge is -2.31. The highest BCUT2D eigenvalue weighted by molar-refractivity contribution is 8.76. The first kappa shape index (κ1) is 28.5. The van der Waals surface area contributed by atoms with Gasteiger partial charge in [0, 0.05) is 36.7 Å². The monoisotopic (exact) mass is 555 g/mol. The number of hydrogen-bond acceptors (Lipinski definition) is 10. The van der Waals surface area contributed by atoms with Crippen LogP contribution in [0.25, 0.3) is 0 Å². The minimum absolute atomic E-state index is 0.00335. The van der Waals surface area contributed by atoms with Crippen molar-refractivity contribution in [3.05, 3.63) is 76.4 Å². The second kappa shape index (κ2) is 13.0. The normalized spacial score (nSPS) is 15.9. The van der Waals surface area contributed by atoms with Gasteiger partial charge >= 0.3 is 18.1 Å². The number of allylic oxidation sites excluding steroid dienone is 1. The summed E-state index contributed by atoms with van der Waals surface area (Å²) in [4.78, 5) is 34.4. The van der Waals surface area contributed by atoms with Crippen LogP contribution < -0.4 is 5.32 Å². The third-order valence-electron chi connectivity index (χ3n) is 5.22. The standard InChI is InChI=1S/C24H24F3N3O5S2/c1-14-18(22(32)35-11-10-33-2)19(15-6-4-7-16(12-15)24(25,26)27)20(21(31)34-3)17(30-14)13-36-37-23-28-8-5-9-29-23/h4-9,12,19,30H,10-11,13H2,1-3H3. The van der Waals surface area contributed by atoms with E-state index in [-0.39, 0.29) is 35.7 Å². The van der Waals surface area contributed by atoms with Gasteiger partial charge in [-0.1, -0.05) is 29.0 Å². The zero-order valence-corrected chi connectivity index (χ0v) is 21.8. The third-order valence-corrected chi connectivity index (χ3v) is 7.26. The van der Waals surface area contributed by atoms with Gasteiger partial charge in [0.15, 0.2) is 5.16 Å². The molecule has 0 amide bonds. The van der Waals surface area contributed by atoms with E-state index in [1.165, 1.54) is 40.8 Å². The molecule has 0 saturated carbocycles. The number of methoxy groups -OCH3 is 2. The van der Waals surface area contributed by atoms with Gasteiger partial charge in [0.2, 0.25) is 0 Å². The summed E-state index contributed by atoms with van der Waals surface area (Å²) in [6.07, 6.45) is -1.45. The zero-order chi connectivity index (χ0) is 27.0. The maximum atomic E-state index is 13.5. The molecule has 0 fully saturated rings. The lowest BCUT2D eigenvalue weighted by molar-refractivity contribution is -0.140. The molecule has 0 aliphatic carbocycles. The average Bonchev–Trinajstić information content (AvgIpc) is 2.88. The molecule has 1 N–H and O–H groups in total. The van der Waals surface area contributed by atoms with Gasteiger partial charge in [-0.3, -0.25) is 0 Å². The summed E-state index contributed by atoms with van der Waals surface area (Å²) in [5, 5.41) is 3.56. The summed E-state index contributed by atoms with van der Waals surface area (Å²) in [5.41, 5.74) is -0.0824. The van der Waals surface area contributed by atoms with E-state index in [9.17, 15) is 22.8 Å². The van der Waals surface area contributed by atoms with Crippen molar-refractivity contribution in [2.24, 2.45) is 0 Å². The molecule has 1 aliphatic heterocycles. The van der Waals surface area contributed by atoms with Crippen molar-refractivity contribution in [3.8, 4) is 0 Å². The zero-order valence-electron chi connectivity index (χ0n) is 20.1. The third kappa shape index (κ3) is 7.27. The first-order valence-electron chi connectivity index (χ1n) is 10.9. The summed E-state index contributed by atoms with van der Waals surface area (Å²) >= 11 is 0. The molecule has 0 spiro atoms. The lowest BCUT2D eigenvalue weighted by Crippen LogP contribution is -2.34. The highest BCUT2D eigenvalue weighted by Gasteiger charge is 2.40. The molecule has 13 heteroatoms. The summed E-state index contributed by atoms with van der Waals surface area (Å²) in [6.45, 7) is 1.65. The predicted octanol–water partition coefficient (Wildman–Crippen LogP) is 4.51. The van der Waals surface area contributed by atoms with E-state index in [0.29, 0.717) is 16.6 Å². The largest absolute Gasteiger partial charge is 0.466 e. The SMILES string of the molecule is COCCOC(=O)C1=C(C)NC(CSSc2ncccn2)=C(C(=O)OC)C1c1cccc(C(F)(F)F)c1. The Kier molecular flexibility index (Phi) is 10.0. The van der Waals surface area contributed by atoms with Crippen LogP contribution in [-0.2, 0) is 30.0 Å². The number of nitrogens with one attached hydrogen (secondary N) is 1. The van der Waals surface area contributed by atoms with Crippen molar-refractivity contribution in [1.82, 2.24) is 15.3 Å². The number of dihydropyridines is 1. The molecule has 8 nitrogen and oxygen atoms in total. The van der Waals surface area contributed by atoms with Crippen molar-refractivity contribution in [3.63, 3.8) is 0 Å². The van der Waals surface area contributed by atoms with Gasteiger partial charge in [0.25, 0.3) is 0 Å². The Morgan fingerprint density at radius 1 is 1.05 bits per heavy atom. The van der Waals surface area contributed by atoms with Gasteiger partial charge in [-0.05, 0) is 35.4 Å². The maximum absolute atomic E-state index is 13.5. The van der Waals surface area contributed by atoms with Crippen molar-refractivity contribution < 1.29 is 37.0 Å². The molecule has 1 aromatic heterocycles. The van der Waals surface area contributed by atoms with Crippen molar-refractivity contribution in [1.29, 1.82) is 0 Å². The van der Waals surface area contributed by atoms with Crippen LogP contribution in [0.1, 0.15) is 24.0 Å². The Balaban J connectivity index is 2.07. The van der Waals surface area contributed by atoms with Crippen molar-refractivity contribution in [2.75, 3.05) is 33.2 Å². The number of rotatable bonds is 10. The minimum Gasteiger partial charge on any atom is -0.466 e. The number of benzene rings is 1. The molecular formula is C24H24F3N3O5S2. The second-order valence-corrected chi connectivity index (χ2v) is 9.87. The fourth-order valence-corrected chi connectivity index (χ4v) is 5.45. The molecule has 0 saturated heterocycles. The topological polar surface area (TPSA) is 99.6 Å². The van der Waals surface area contributed by atoms with E-state index >= 15 is 0 Å². The number of halogens is 3. The van der Waals surface area contributed by atoms with Crippen LogP contribution in [0, 0.1) is 0 Å². The molecule has 0 bridgehead atoms.